The first-order valence-electron chi connectivity index (χ1n) is 9.91. The van der Waals surface area contributed by atoms with E-state index in [2.05, 4.69) is 55.7 Å². The van der Waals surface area contributed by atoms with E-state index in [0.29, 0.717) is 13.2 Å². The fourth-order valence-corrected chi connectivity index (χ4v) is 2.92. The van der Waals surface area contributed by atoms with Crippen LogP contribution < -0.4 is 10.6 Å². The molecule has 0 aliphatic heterocycles. The number of guanidine groups is 1. The van der Waals surface area contributed by atoms with E-state index in [1.165, 1.54) is 11.1 Å². The Morgan fingerprint density at radius 1 is 1.04 bits per heavy atom. The molecule has 0 unspecified atom stereocenters. The summed E-state index contributed by atoms with van der Waals surface area (Å²) in [7, 11) is 0. The fraction of sp³-hybridized carbons (Fsp3) is 0.667. The van der Waals surface area contributed by atoms with Crippen molar-refractivity contribution in [2.75, 3.05) is 26.3 Å². The molecule has 0 radical (unpaired) electrons. The summed E-state index contributed by atoms with van der Waals surface area (Å²) < 4.78 is 5.43. The van der Waals surface area contributed by atoms with E-state index in [1.807, 2.05) is 6.92 Å². The molecule has 0 atom stereocenters. The van der Waals surface area contributed by atoms with Crippen molar-refractivity contribution in [3.05, 3.63) is 35.4 Å². The number of benzene rings is 1. The first-order valence-corrected chi connectivity index (χ1v) is 9.91. The van der Waals surface area contributed by atoms with Crippen LogP contribution in [-0.2, 0) is 17.9 Å². The molecule has 0 bridgehead atoms. The van der Waals surface area contributed by atoms with E-state index in [0.717, 1.165) is 44.9 Å². The Labute approximate surface area is 182 Å². The highest BCUT2D eigenvalue weighted by atomic mass is 127. The Kier molecular flexibility index (Phi) is 14.6. The third kappa shape index (κ3) is 9.76. The summed E-state index contributed by atoms with van der Waals surface area (Å²) in [5.74, 6) is 0.829. The average Bonchev–Trinajstić information content (AvgIpc) is 2.68. The molecule has 27 heavy (non-hydrogen) atoms. The molecular formula is C21H38IN3O2. The number of hydrogen-bond acceptors (Lipinski definition) is 3. The van der Waals surface area contributed by atoms with Gasteiger partial charge in [-0.05, 0) is 49.7 Å². The molecule has 0 spiro atoms. The molecule has 5 nitrogen and oxygen atoms in total. The summed E-state index contributed by atoms with van der Waals surface area (Å²) in [6.45, 7) is 12.3. The standard InChI is InChI=1S/C21H37N3O2.HI/c1-5-21(6-2,13-14-25)17-24-20(22-7-3)23-15-18-9-11-19(12-10-18)16-26-8-4;/h9-12,25H,5-8,13-17H2,1-4H3,(H2,22,23,24);1H. The van der Waals surface area contributed by atoms with Gasteiger partial charge in [-0.1, -0.05) is 38.1 Å². The van der Waals surface area contributed by atoms with Crippen LogP contribution in [0.2, 0.25) is 0 Å². The number of ether oxygens (including phenoxy) is 1. The topological polar surface area (TPSA) is 65.9 Å². The SMILES string of the molecule is CCNC(=NCc1ccc(COCC)cc1)NCC(CC)(CC)CCO.I. The summed E-state index contributed by atoms with van der Waals surface area (Å²) in [5.41, 5.74) is 2.48. The number of aliphatic hydroxyl groups excluding tert-OH is 1. The first kappa shape index (κ1) is 26.1. The van der Waals surface area contributed by atoms with Crippen molar-refractivity contribution in [1.82, 2.24) is 10.6 Å². The quantitative estimate of drug-likeness (QED) is 0.234. The van der Waals surface area contributed by atoms with Gasteiger partial charge in [-0.3, -0.25) is 0 Å². The molecule has 0 heterocycles. The molecule has 0 fully saturated rings. The minimum Gasteiger partial charge on any atom is -0.396 e. The lowest BCUT2D eigenvalue weighted by Crippen LogP contribution is -2.43. The van der Waals surface area contributed by atoms with E-state index >= 15 is 0 Å². The van der Waals surface area contributed by atoms with Crippen LogP contribution in [0.4, 0.5) is 0 Å². The lowest BCUT2D eigenvalue weighted by Gasteiger charge is -2.32. The van der Waals surface area contributed by atoms with Crippen molar-refractivity contribution in [3.63, 3.8) is 0 Å². The highest BCUT2D eigenvalue weighted by molar-refractivity contribution is 14.0. The van der Waals surface area contributed by atoms with Crippen LogP contribution >= 0.6 is 24.0 Å². The van der Waals surface area contributed by atoms with E-state index in [4.69, 9.17) is 9.73 Å². The van der Waals surface area contributed by atoms with Crippen LogP contribution in [0.3, 0.4) is 0 Å². The van der Waals surface area contributed by atoms with Gasteiger partial charge in [-0.2, -0.15) is 0 Å². The second-order valence-electron chi connectivity index (χ2n) is 6.68. The van der Waals surface area contributed by atoms with Crippen molar-refractivity contribution in [2.24, 2.45) is 10.4 Å². The maximum absolute atomic E-state index is 9.38. The van der Waals surface area contributed by atoms with Crippen LogP contribution in [0.25, 0.3) is 0 Å². The molecule has 156 valence electrons. The zero-order chi connectivity index (χ0) is 19.3. The fourth-order valence-electron chi connectivity index (χ4n) is 2.92. The number of nitrogens with one attached hydrogen (secondary N) is 2. The molecule has 1 aromatic rings. The minimum atomic E-state index is 0. The van der Waals surface area contributed by atoms with Crippen molar-refractivity contribution in [1.29, 1.82) is 0 Å². The number of halogens is 1. The number of nitrogens with zero attached hydrogens (tertiary/aromatic N) is 1. The molecule has 6 heteroatoms. The van der Waals surface area contributed by atoms with Gasteiger partial charge in [0, 0.05) is 26.3 Å². The van der Waals surface area contributed by atoms with Crippen LogP contribution in [0, 0.1) is 5.41 Å². The van der Waals surface area contributed by atoms with Gasteiger partial charge in [0.25, 0.3) is 0 Å². The van der Waals surface area contributed by atoms with Gasteiger partial charge in [-0.15, -0.1) is 24.0 Å². The van der Waals surface area contributed by atoms with Gasteiger partial charge >= 0.3 is 0 Å². The predicted molar refractivity (Wildman–Crippen MR) is 125 cm³/mol. The second kappa shape index (κ2) is 15.1. The third-order valence-electron chi connectivity index (χ3n) is 5.03. The molecule has 0 aliphatic rings. The van der Waals surface area contributed by atoms with Crippen LogP contribution in [0.15, 0.2) is 29.3 Å². The van der Waals surface area contributed by atoms with Crippen molar-refractivity contribution in [3.8, 4) is 0 Å². The Balaban J connectivity index is 0.00000676. The molecule has 0 amide bonds. The van der Waals surface area contributed by atoms with Crippen molar-refractivity contribution in [2.45, 2.75) is 60.1 Å². The first-order chi connectivity index (χ1) is 12.6. The average molecular weight is 491 g/mol. The van der Waals surface area contributed by atoms with E-state index < -0.39 is 0 Å². The molecule has 1 aromatic carbocycles. The normalized spacial score (nSPS) is 11.8. The molecule has 0 saturated carbocycles. The zero-order valence-corrected chi connectivity index (χ0v) is 19.7. The molecule has 1 rings (SSSR count). The summed E-state index contributed by atoms with van der Waals surface area (Å²) >= 11 is 0. The molecule has 0 saturated heterocycles. The van der Waals surface area contributed by atoms with Gasteiger partial charge in [0.05, 0.1) is 13.2 Å². The lowest BCUT2D eigenvalue weighted by molar-refractivity contribution is 0.134. The van der Waals surface area contributed by atoms with E-state index in [1.54, 1.807) is 0 Å². The van der Waals surface area contributed by atoms with Crippen molar-refractivity contribution < 1.29 is 9.84 Å². The largest absolute Gasteiger partial charge is 0.396 e. The van der Waals surface area contributed by atoms with E-state index in [-0.39, 0.29) is 36.0 Å². The Bertz CT molecular complexity index is 517. The summed E-state index contributed by atoms with van der Waals surface area (Å²) in [4.78, 5) is 4.71. The maximum Gasteiger partial charge on any atom is 0.191 e. The monoisotopic (exact) mass is 491 g/mol. The number of aliphatic imine (C=N–C) groups is 1. The smallest absolute Gasteiger partial charge is 0.191 e. The van der Waals surface area contributed by atoms with Crippen LogP contribution in [0.1, 0.15) is 58.1 Å². The number of rotatable bonds is 12. The van der Waals surface area contributed by atoms with Gasteiger partial charge in [0.2, 0.25) is 0 Å². The highest BCUT2D eigenvalue weighted by Gasteiger charge is 2.25. The predicted octanol–water partition coefficient (Wildman–Crippen LogP) is 4.09. The summed E-state index contributed by atoms with van der Waals surface area (Å²) in [6, 6.07) is 8.41. The van der Waals surface area contributed by atoms with Gasteiger partial charge in [-0.25, -0.2) is 4.99 Å². The van der Waals surface area contributed by atoms with Crippen LogP contribution in [-0.4, -0.2) is 37.4 Å². The van der Waals surface area contributed by atoms with Gasteiger partial charge < -0.3 is 20.5 Å². The Morgan fingerprint density at radius 3 is 2.19 bits per heavy atom. The van der Waals surface area contributed by atoms with Crippen LogP contribution in [0.5, 0.6) is 0 Å². The minimum absolute atomic E-state index is 0. The maximum atomic E-state index is 9.38. The molecule has 0 aromatic heterocycles. The molecule has 0 aliphatic carbocycles. The summed E-state index contributed by atoms with van der Waals surface area (Å²) in [5, 5.41) is 16.2. The Morgan fingerprint density at radius 2 is 1.67 bits per heavy atom. The second-order valence-corrected chi connectivity index (χ2v) is 6.68. The molecular weight excluding hydrogens is 453 g/mol. The van der Waals surface area contributed by atoms with E-state index in [9.17, 15) is 5.11 Å². The number of aliphatic hydroxyl groups is 1. The molecule has 3 N–H and O–H groups in total. The van der Waals surface area contributed by atoms with Gasteiger partial charge in [0.1, 0.15) is 0 Å². The third-order valence-corrected chi connectivity index (χ3v) is 5.03. The zero-order valence-electron chi connectivity index (χ0n) is 17.4. The van der Waals surface area contributed by atoms with Crippen molar-refractivity contribution >= 4 is 29.9 Å². The van der Waals surface area contributed by atoms with Gasteiger partial charge in [0.15, 0.2) is 5.96 Å². The highest BCUT2D eigenvalue weighted by Crippen LogP contribution is 2.29. The lowest BCUT2D eigenvalue weighted by atomic mass is 9.79. The Hall–Kier alpha value is -0.860. The summed E-state index contributed by atoms with van der Waals surface area (Å²) in [6.07, 6.45) is 2.89. The number of hydrogen-bond donors (Lipinski definition) is 3.